The zero-order valence-corrected chi connectivity index (χ0v) is 20.3. The number of hydrogen-bond donors (Lipinski definition) is 1. The number of benzene rings is 4. The predicted molar refractivity (Wildman–Crippen MR) is 143 cm³/mol. The van der Waals surface area contributed by atoms with Crippen LogP contribution in [0.25, 0.3) is 21.5 Å². The minimum Gasteiger partial charge on any atom is -0.349 e. The summed E-state index contributed by atoms with van der Waals surface area (Å²) >= 11 is 0. The normalized spacial score (nSPS) is 17.0. The van der Waals surface area contributed by atoms with Crippen LogP contribution < -0.4 is 10.2 Å². The van der Waals surface area contributed by atoms with Gasteiger partial charge in [-0.15, -0.1) is 0 Å². The van der Waals surface area contributed by atoms with Crippen LogP contribution in [0.1, 0.15) is 70.1 Å². The molecule has 0 saturated heterocycles. The molecule has 1 heterocycles. The zero-order valence-electron chi connectivity index (χ0n) is 20.3. The fraction of sp³-hybridized carbons (Fsp3) is 0.258. The zero-order chi connectivity index (χ0) is 24.8. The molecule has 1 aliphatic carbocycles. The van der Waals surface area contributed by atoms with E-state index in [-0.39, 0.29) is 11.9 Å². The number of imide groups is 1. The number of rotatable bonds is 4. The smallest absolute Gasteiger partial charge is 0.266 e. The molecular weight excluding hydrogens is 448 g/mol. The number of carbonyl (C=O) groups is 3. The van der Waals surface area contributed by atoms with Gasteiger partial charge in [0.05, 0.1) is 11.3 Å². The summed E-state index contributed by atoms with van der Waals surface area (Å²) in [5.41, 5.74) is 1.60. The van der Waals surface area contributed by atoms with Crippen LogP contribution in [0.5, 0.6) is 0 Å². The Balaban J connectivity index is 1.46. The molecule has 4 aromatic carbocycles. The molecule has 1 N–H and O–H groups in total. The molecule has 0 spiro atoms. The highest BCUT2D eigenvalue weighted by Crippen LogP contribution is 2.36. The molecule has 5 nitrogen and oxygen atoms in total. The molecule has 4 aromatic rings. The maximum atomic E-state index is 13.8. The molecule has 1 saturated carbocycles. The van der Waals surface area contributed by atoms with Gasteiger partial charge in [0.1, 0.15) is 0 Å². The maximum Gasteiger partial charge on any atom is 0.266 e. The third kappa shape index (κ3) is 3.67. The Kier molecular flexibility index (Phi) is 5.56. The van der Waals surface area contributed by atoms with Gasteiger partial charge in [-0.2, -0.15) is 0 Å². The molecule has 0 bridgehead atoms. The van der Waals surface area contributed by atoms with E-state index in [1.54, 1.807) is 24.3 Å². The van der Waals surface area contributed by atoms with Gasteiger partial charge in [-0.25, -0.2) is 4.90 Å². The number of carbonyl (C=O) groups excluding carboxylic acids is 3. The largest absolute Gasteiger partial charge is 0.349 e. The average molecular weight is 477 g/mol. The van der Waals surface area contributed by atoms with E-state index in [2.05, 4.69) is 12.2 Å². The van der Waals surface area contributed by atoms with Crippen LogP contribution in [-0.2, 0) is 0 Å². The van der Waals surface area contributed by atoms with Crippen molar-refractivity contribution >= 4 is 45.0 Å². The molecule has 180 valence electrons. The minimum absolute atomic E-state index is 0.0133. The molecule has 0 unspecified atom stereocenters. The van der Waals surface area contributed by atoms with Crippen molar-refractivity contribution in [3.05, 3.63) is 89.5 Å². The van der Waals surface area contributed by atoms with Crippen LogP contribution in [0.4, 0.5) is 5.69 Å². The first-order chi connectivity index (χ1) is 17.5. The van der Waals surface area contributed by atoms with Gasteiger partial charge in [0.15, 0.2) is 0 Å². The second-order valence-corrected chi connectivity index (χ2v) is 10.0. The van der Waals surface area contributed by atoms with Crippen molar-refractivity contribution in [1.82, 2.24) is 5.32 Å². The molecule has 3 amide bonds. The summed E-state index contributed by atoms with van der Waals surface area (Å²) in [6.45, 7) is 2.06. The van der Waals surface area contributed by atoms with Crippen LogP contribution in [0.2, 0.25) is 0 Å². The van der Waals surface area contributed by atoms with Crippen LogP contribution >= 0.6 is 0 Å². The summed E-state index contributed by atoms with van der Waals surface area (Å²) in [4.78, 5) is 42.4. The van der Waals surface area contributed by atoms with Crippen molar-refractivity contribution in [3.63, 3.8) is 0 Å². The molecule has 1 fully saturated rings. The Labute approximate surface area is 210 Å². The van der Waals surface area contributed by atoms with E-state index in [4.69, 9.17) is 0 Å². The lowest BCUT2D eigenvalue weighted by molar-refractivity contribution is 0.0893. The molecule has 0 aromatic heterocycles. The Morgan fingerprint density at radius 2 is 1.39 bits per heavy atom. The summed E-state index contributed by atoms with van der Waals surface area (Å²) in [6.07, 6.45) is 5.84. The van der Waals surface area contributed by atoms with Gasteiger partial charge in [0, 0.05) is 22.6 Å². The molecule has 1 aliphatic heterocycles. The molecule has 1 atom stereocenters. The van der Waals surface area contributed by atoms with E-state index in [0.717, 1.165) is 29.0 Å². The molecular formula is C31H28N2O3. The van der Waals surface area contributed by atoms with Gasteiger partial charge in [-0.05, 0) is 66.1 Å². The van der Waals surface area contributed by atoms with E-state index in [1.165, 1.54) is 24.2 Å². The third-order valence-corrected chi connectivity index (χ3v) is 7.84. The van der Waals surface area contributed by atoms with Crippen LogP contribution in [0.3, 0.4) is 0 Å². The van der Waals surface area contributed by atoms with Crippen LogP contribution in [0, 0.1) is 5.92 Å². The second kappa shape index (κ2) is 8.90. The van der Waals surface area contributed by atoms with Crippen molar-refractivity contribution in [2.24, 2.45) is 5.92 Å². The number of anilines is 1. The Bertz CT molecular complexity index is 1480. The fourth-order valence-corrected chi connectivity index (χ4v) is 5.88. The topological polar surface area (TPSA) is 66.5 Å². The van der Waals surface area contributed by atoms with Gasteiger partial charge in [-0.1, -0.05) is 67.8 Å². The maximum absolute atomic E-state index is 13.8. The Morgan fingerprint density at radius 3 is 2.03 bits per heavy atom. The second-order valence-electron chi connectivity index (χ2n) is 10.0. The highest BCUT2D eigenvalue weighted by atomic mass is 16.2. The van der Waals surface area contributed by atoms with Gasteiger partial charge >= 0.3 is 0 Å². The Hall–Kier alpha value is -3.99. The highest BCUT2D eigenvalue weighted by Gasteiger charge is 2.36. The minimum atomic E-state index is -0.408. The van der Waals surface area contributed by atoms with Gasteiger partial charge < -0.3 is 5.32 Å². The lowest BCUT2D eigenvalue weighted by Crippen LogP contribution is -2.43. The monoisotopic (exact) mass is 476 g/mol. The summed E-state index contributed by atoms with van der Waals surface area (Å²) in [5, 5.41) is 6.46. The average Bonchev–Trinajstić information content (AvgIpc) is 2.91. The van der Waals surface area contributed by atoms with E-state index < -0.39 is 11.8 Å². The van der Waals surface area contributed by atoms with Crippen LogP contribution in [-0.4, -0.2) is 23.8 Å². The van der Waals surface area contributed by atoms with Gasteiger partial charge in [0.25, 0.3) is 17.7 Å². The standard InChI is InChI=1S/C31H28N2O3/c1-19(20-9-3-2-4-10-20)32-29(34)26-17-22-11-5-6-12-23(22)18-27(26)33-30(35)24-15-7-13-21-14-8-16-25(28(21)24)31(33)36/h5-8,11-20H,2-4,9-10H2,1H3,(H,32,34)/t19-/m1/s1. The first kappa shape index (κ1) is 22.5. The van der Waals surface area contributed by atoms with Crippen molar-refractivity contribution in [3.8, 4) is 0 Å². The number of hydrogen-bond acceptors (Lipinski definition) is 3. The fourth-order valence-electron chi connectivity index (χ4n) is 5.88. The molecule has 6 rings (SSSR count). The molecule has 2 aliphatic rings. The molecule has 36 heavy (non-hydrogen) atoms. The first-order valence-electron chi connectivity index (χ1n) is 12.8. The lowest BCUT2D eigenvalue weighted by atomic mass is 9.84. The first-order valence-corrected chi connectivity index (χ1v) is 12.8. The van der Waals surface area contributed by atoms with E-state index >= 15 is 0 Å². The number of nitrogens with one attached hydrogen (secondary N) is 1. The summed E-state index contributed by atoms with van der Waals surface area (Å²) in [6, 6.07) is 22.3. The van der Waals surface area contributed by atoms with Gasteiger partial charge in [-0.3, -0.25) is 14.4 Å². The highest BCUT2D eigenvalue weighted by molar-refractivity contribution is 6.36. The Morgan fingerprint density at radius 1 is 0.806 bits per heavy atom. The number of amides is 3. The summed E-state index contributed by atoms with van der Waals surface area (Å²) in [7, 11) is 0. The van der Waals surface area contributed by atoms with Crippen LogP contribution in [0.15, 0.2) is 72.8 Å². The SMILES string of the molecule is C[C@@H](NC(=O)c1cc2ccccc2cc1N1C(=O)c2cccc3cccc(c23)C1=O)C1CCCCC1. The lowest BCUT2D eigenvalue weighted by Gasteiger charge is -2.30. The quantitative estimate of drug-likeness (QED) is 0.342. The van der Waals surface area contributed by atoms with Gasteiger partial charge in [0.2, 0.25) is 0 Å². The van der Waals surface area contributed by atoms with Crippen molar-refractivity contribution in [2.75, 3.05) is 4.90 Å². The number of nitrogens with zero attached hydrogens (tertiary/aromatic N) is 1. The van der Waals surface area contributed by atoms with Crippen molar-refractivity contribution in [2.45, 2.75) is 45.1 Å². The molecule has 0 radical (unpaired) electrons. The van der Waals surface area contributed by atoms with Crippen molar-refractivity contribution in [1.29, 1.82) is 0 Å². The van der Waals surface area contributed by atoms with E-state index in [1.807, 2.05) is 48.5 Å². The summed E-state index contributed by atoms with van der Waals surface area (Å²) < 4.78 is 0. The summed E-state index contributed by atoms with van der Waals surface area (Å²) in [5.74, 6) is -0.635. The predicted octanol–water partition coefficient (Wildman–Crippen LogP) is 6.49. The van der Waals surface area contributed by atoms with Crippen molar-refractivity contribution < 1.29 is 14.4 Å². The third-order valence-electron chi connectivity index (χ3n) is 7.84. The van der Waals surface area contributed by atoms with E-state index in [9.17, 15) is 14.4 Å². The molecule has 5 heteroatoms. The number of fused-ring (bicyclic) bond motifs is 1. The van der Waals surface area contributed by atoms with E-state index in [0.29, 0.717) is 33.7 Å².